The lowest BCUT2D eigenvalue weighted by molar-refractivity contribution is 0.0719. The Kier molecular flexibility index (Phi) is 3.88. The zero-order chi connectivity index (χ0) is 13.1. The van der Waals surface area contributed by atoms with E-state index >= 15 is 0 Å². The minimum absolute atomic E-state index is 0.0796. The Labute approximate surface area is 111 Å². The Bertz CT molecular complexity index is 461. The molecule has 0 spiro atoms. The van der Waals surface area contributed by atoms with Gasteiger partial charge in [-0.15, -0.1) is 0 Å². The minimum Gasteiger partial charge on any atom is -0.389 e. The fourth-order valence-electron chi connectivity index (χ4n) is 1.93. The van der Waals surface area contributed by atoms with E-state index in [1.807, 2.05) is 0 Å². The lowest BCUT2D eigenvalue weighted by Crippen LogP contribution is -2.30. The van der Waals surface area contributed by atoms with Crippen LogP contribution in [0.4, 0.5) is 0 Å². The molecule has 1 unspecified atom stereocenters. The summed E-state index contributed by atoms with van der Waals surface area (Å²) in [7, 11) is 1.66. The van der Waals surface area contributed by atoms with Crippen molar-refractivity contribution in [1.29, 1.82) is 0 Å². The molecular weight excluding hydrogens is 250 g/mol. The van der Waals surface area contributed by atoms with Crippen LogP contribution in [0.2, 0.25) is 0 Å². The van der Waals surface area contributed by atoms with Crippen LogP contribution in [0.5, 0.6) is 0 Å². The summed E-state index contributed by atoms with van der Waals surface area (Å²) < 4.78 is 5.23. The Balaban J connectivity index is 2.07. The van der Waals surface area contributed by atoms with E-state index in [4.69, 9.17) is 22.7 Å². The average Bonchev–Trinajstić information content (AvgIpc) is 2.86. The second-order valence-corrected chi connectivity index (χ2v) is 4.63. The molecule has 1 amide bonds. The van der Waals surface area contributed by atoms with Gasteiger partial charge in [0.2, 0.25) is 0 Å². The first kappa shape index (κ1) is 12.9. The van der Waals surface area contributed by atoms with Crippen molar-refractivity contribution in [3.8, 4) is 0 Å². The smallest absolute Gasteiger partial charge is 0.272 e. The van der Waals surface area contributed by atoms with Crippen molar-refractivity contribution in [2.75, 3.05) is 20.2 Å². The molecule has 0 bridgehead atoms. The molecule has 5 nitrogen and oxygen atoms in total. The van der Waals surface area contributed by atoms with Gasteiger partial charge in [0.1, 0.15) is 10.7 Å². The molecule has 0 aliphatic carbocycles. The third kappa shape index (κ3) is 2.65. The number of hydrogen-bond acceptors (Lipinski definition) is 4. The Morgan fingerprint density at radius 2 is 2.39 bits per heavy atom. The largest absolute Gasteiger partial charge is 0.389 e. The SMILES string of the molecule is COC1CCN(C(=O)c2ccc(C(N)=S)cn2)C1. The molecule has 1 atom stereocenters. The molecule has 18 heavy (non-hydrogen) atoms. The van der Waals surface area contributed by atoms with Gasteiger partial charge < -0.3 is 15.4 Å². The molecule has 0 aromatic carbocycles. The van der Waals surface area contributed by atoms with Gasteiger partial charge in [-0.3, -0.25) is 9.78 Å². The van der Waals surface area contributed by atoms with Gasteiger partial charge in [0, 0.05) is 32.0 Å². The summed E-state index contributed by atoms with van der Waals surface area (Å²) in [5, 5.41) is 0. The fraction of sp³-hybridized carbons (Fsp3) is 0.417. The number of hydrogen-bond donors (Lipinski definition) is 1. The minimum atomic E-state index is -0.0796. The molecule has 96 valence electrons. The highest BCUT2D eigenvalue weighted by molar-refractivity contribution is 7.80. The Morgan fingerprint density at radius 3 is 2.89 bits per heavy atom. The van der Waals surface area contributed by atoms with Crippen LogP contribution in [0, 0.1) is 0 Å². The molecule has 6 heteroatoms. The maximum atomic E-state index is 12.1. The number of aromatic nitrogens is 1. The number of nitrogens with zero attached hydrogens (tertiary/aromatic N) is 2. The van der Waals surface area contributed by atoms with Crippen LogP contribution >= 0.6 is 12.2 Å². The zero-order valence-electron chi connectivity index (χ0n) is 10.1. The van der Waals surface area contributed by atoms with Crippen molar-refractivity contribution >= 4 is 23.1 Å². The summed E-state index contributed by atoms with van der Waals surface area (Å²) in [6, 6.07) is 3.36. The summed E-state index contributed by atoms with van der Waals surface area (Å²) in [6.45, 7) is 1.32. The molecule has 0 saturated carbocycles. The number of amides is 1. The first-order valence-corrected chi connectivity index (χ1v) is 6.10. The summed E-state index contributed by atoms with van der Waals surface area (Å²) in [4.78, 5) is 18.3. The van der Waals surface area contributed by atoms with E-state index in [-0.39, 0.29) is 17.0 Å². The first-order chi connectivity index (χ1) is 8.61. The van der Waals surface area contributed by atoms with Gasteiger partial charge >= 0.3 is 0 Å². The Hall–Kier alpha value is -1.53. The number of methoxy groups -OCH3 is 1. The lowest BCUT2D eigenvalue weighted by atomic mass is 10.2. The van der Waals surface area contributed by atoms with Crippen LogP contribution < -0.4 is 5.73 Å². The van der Waals surface area contributed by atoms with Crippen LogP contribution in [0.1, 0.15) is 22.5 Å². The maximum absolute atomic E-state index is 12.1. The number of pyridine rings is 1. The molecule has 2 N–H and O–H groups in total. The van der Waals surface area contributed by atoms with Crippen molar-refractivity contribution < 1.29 is 9.53 Å². The third-order valence-electron chi connectivity index (χ3n) is 3.03. The topological polar surface area (TPSA) is 68.5 Å². The van der Waals surface area contributed by atoms with Gasteiger partial charge in [-0.2, -0.15) is 0 Å². The number of likely N-dealkylation sites (tertiary alicyclic amines) is 1. The van der Waals surface area contributed by atoms with E-state index in [1.54, 1.807) is 24.1 Å². The molecule has 2 heterocycles. The molecule has 1 aromatic heterocycles. The number of carbonyl (C=O) groups is 1. The molecule has 1 aliphatic heterocycles. The van der Waals surface area contributed by atoms with Gasteiger partial charge in [0.15, 0.2) is 0 Å². The van der Waals surface area contributed by atoms with Crippen molar-refractivity contribution in [2.24, 2.45) is 5.73 Å². The molecule has 1 aliphatic rings. The normalized spacial score (nSPS) is 18.9. The summed E-state index contributed by atoms with van der Waals surface area (Å²) in [6.07, 6.45) is 2.52. The number of nitrogens with two attached hydrogens (primary N) is 1. The number of carbonyl (C=O) groups excluding carboxylic acids is 1. The second kappa shape index (κ2) is 5.41. The highest BCUT2D eigenvalue weighted by atomic mass is 32.1. The van der Waals surface area contributed by atoms with Crippen molar-refractivity contribution in [1.82, 2.24) is 9.88 Å². The van der Waals surface area contributed by atoms with Crippen molar-refractivity contribution in [3.05, 3.63) is 29.6 Å². The Morgan fingerprint density at radius 1 is 1.61 bits per heavy atom. The number of rotatable bonds is 3. The van der Waals surface area contributed by atoms with Crippen molar-refractivity contribution in [2.45, 2.75) is 12.5 Å². The third-order valence-corrected chi connectivity index (χ3v) is 3.27. The van der Waals surface area contributed by atoms with Crippen LogP contribution in [0.25, 0.3) is 0 Å². The van der Waals surface area contributed by atoms with Crippen LogP contribution in [0.3, 0.4) is 0 Å². The fourth-order valence-corrected chi connectivity index (χ4v) is 2.05. The van der Waals surface area contributed by atoms with Gasteiger partial charge in [0.25, 0.3) is 5.91 Å². The molecule has 0 radical (unpaired) electrons. The summed E-state index contributed by atoms with van der Waals surface area (Å²) in [5.74, 6) is -0.0796. The monoisotopic (exact) mass is 265 g/mol. The van der Waals surface area contributed by atoms with Gasteiger partial charge in [-0.25, -0.2) is 0 Å². The first-order valence-electron chi connectivity index (χ1n) is 5.69. The van der Waals surface area contributed by atoms with E-state index in [0.29, 0.717) is 24.3 Å². The molecular formula is C12H15N3O2S. The second-order valence-electron chi connectivity index (χ2n) is 4.19. The van der Waals surface area contributed by atoms with E-state index in [2.05, 4.69) is 4.98 Å². The van der Waals surface area contributed by atoms with E-state index in [1.165, 1.54) is 6.20 Å². The van der Waals surface area contributed by atoms with Crippen LogP contribution in [-0.2, 0) is 4.74 Å². The number of thiocarbonyl (C=S) groups is 1. The quantitative estimate of drug-likeness (QED) is 0.810. The lowest BCUT2D eigenvalue weighted by Gasteiger charge is -2.15. The summed E-state index contributed by atoms with van der Waals surface area (Å²) >= 11 is 4.84. The van der Waals surface area contributed by atoms with E-state index in [0.717, 1.165) is 6.42 Å². The highest BCUT2D eigenvalue weighted by Crippen LogP contribution is 2.14. The standard InChI is InChI=1S/C12H15N3O2S/c1-17-9-4-5-15(7-9)12(16)10-3-2-8(6-14-10)11(13)18/h2-3,6,9H,4-5,7H2,1H3,(H2,13,18). The average molecular weight is 265 g/mol. The van der Waals surface area contributed by atoms with E-state index < -0.39 is 0 Å². The highest BCUT2D eigenvalue weighted by Gasteiger charge is 2.27. The van der Waals surface area contributed by atoms with E-state index in [9.17, 15) is 4.79 Å². The number of ether oxygens (including phenoxy) is 1. The van der Waals surface area contributed by atoms with Crippen LogP contribution in [0.15, 0.2) is 18.3 Å². The zero-order valence-corrected chi connectivity index (χ0v) is 10.9. The van der Waals surface area contributed by atoms with Gasteiger partial charge in [-0.05, 0) is 18.6 Å². The molecule has 2 rings (SSSR count). The molecule has 1 aromatic rings. The predicted molar refractivity (Wildman–Crippen MR) is 71.4 cm³/mol. The molecule has 1 saturated heterocycles. The van der Waals surface area contributed by atoms with Crippen molar-refractivity contribution in [3.63, 3.8) is 0 Å². The van der Waals surface area contributed by atoms with Crippen LogP contribution in [-0.4, -0.2) is 47.1 Å². The van der Waals surface area contributed by atoms with Gasteiger partial charge in [0.05, 0.1) is 6.10 Å². The maximum Gasteiger partial charge on any atom is 0.272 e. The predicted octanol–water partition coefficient (Wildman–Crippen LogP) is 0.577. The summed E-state index contributed by atoms with van der Waals surface area (Å²) in [5.41, 5.74) is 6.55. The molecule has 1 fully saturated rings. The van der Waals surface area contributed by atoms with Gasteiger partial charge in [-0.1, -0.05) is 12.2 Å².